The highest BCUT2D eigenvalue weighted by atomic mass is 19.4. The van der Waals surface area contributed by atoms with Crippen LogP contribution in [-0.4, -0.2) is 33.8 Å². The molecule has 1 saturated heterocycles. The summed E-state index contributed by atoms with van der Waals surface area (Å²) in [5.74, 6) is 0.0833. The highest BCUT2D eigenvalue weighted by Crippen LogP contribution is 2.30. The van der Waals surface area contributed by atoms with E-state index in [1.165, 1.54) is 31.5 Å². The average Bonchev–Trinajstić information content (AvgIpc) is 2.83. The molecule has 0 atom stereocenters. The quantitative estimate of drug-likeness (QED) is 0.611. The van der Waals surface area contributed by atoms with Crippen LogP contribution in [-0.2, 0) is 12.7 Å². The molecule has 2 aromatic heterocycles. The molecule has 0 aliphatic carbocycles. The largest absolute Gasteiger partial charge is 0.416 e. The number of benzene rings is 1. The molecule has 1 aliphatic heterocycles. The summed E-state index contributed by atoms with van der Waals surface area (Å²) in [7, 11) is 0. The van der Waals surface area contributed by atoms with Gasteiger partial charge in [0.2, 0.25) is 5.43 Å². The molecule has 0 saturated carbocycles. The number of aromatic nitrogens is 3. The Bertz CT molecular complexity index is 1250. The molecule has 1 aromatic carbocycles. The van der Waals surface area contributed by atoms with E-state index < -0.39 is 28.8 Å². The maximum atomic E-state index is 13.1. The zero-order valence-corrected chi connectivity index (χ0v) is 18.6. The summed E-state index contributed by atoms with van der Waals surface area (Å²) < 4.78 is 40.6. The third-order valence-electron chi connectivity index (χ3n) is 5.70. The van der Waals surface area contributed by atoms with Crippen molar-refractivity contribution < 1.29 is 18.0 Å². The molecule has 0 radical (unpaired) electrons. The molecule has 0 unspecified atom stereocenters. The fourth-order valence-corrected chi connectivity index (χ4v) is 4.00. The van der Waals surface area contributed by atoms with Crippen LogP contribution in [0.5, 0.6) is 0 Å². The zero-order valence-electron chi connectivity index (χ0n) is 18.6. The first-order chi connectivity index (χ1) is 16.2. The van der Waals surface area contributed by atoms with Gasteiger partial charge in [-0.05, 0) is 50.5 Å². The lowest BCUT2D eigenvalue weighted by atomic mass is 10.1. The molecule has 1 N–H and O–H groups in total. The number of nitrogens with one attached hydrogen (secondary N) is 1. The maximum absolute atomic E-state index is 13.1. The van der Waals surface area contributed by atoms with E-state index in [9.17, 15) is 22.8 Å². The van der Waals surface area contributed by atoms with Gasteiger partial charge in [-0.25, -0.2) is 9.67 Å². The van der Waals surface area contributed by atoms with Crippen molar-refractivity contribution in [1.29, 1.82) is 0 Å². The minimum atomic E-state index is -4.53. The molecular formula is C24H24F3N5O2. The summed E-state index contributed by atoms with van der Waals surface area (Å²) in [6.07, 6.45) is 0.492. The predicted molar refractivity (Wildman–Crippen MR) is 121 cm³/mol. The van der Waals surface area contributed by atoms with E-state index in [4.69, 9.17) is 0 Å². The van der Waals surface area contributed by atoms with Crippen LogP contribution in [0.3, 0.4) is 0 Å². The number of alkyl halides is 3. The third kappa shape index (κ3) is 5.11. The molecule has 10 heteroatoms. The first-order valence-corrected chi connectivity index (χ1v) is 11.0. The molecular weight excluding hydrogens is 447 g/mol. The van der Waals surface area contributed by atoms with Gasteiger partial charge in [0.05, 0.1) is 11.3 Å². The fraction of sp³-hybridized carbons (Fsp3) is 0.333. The summed E-state index contributed by atoms with van der Waals surface area (Å²) >= 11 is 0. The van der Waals surface area contributed by atoms with Crippen molar-refractivity contribution >= 4 is 11.7 Å². The number of piperidine rings is 1. The van der Waals surface area contributed by atoms with Crippen molar-refractivity contribution in [2.75, 3.05) is 18.0 Å². The number of nitrogens with zero attached hydrogens (tertiary/aromatic N) is 4. The minimum Gasteiger partial charge on any atom is -0.356 e. The lowest BCUT2D eigenvalue weighted by Gasteiger charge is -2.29. The van der Waals surface area contributed by atoms with E-state index in [-0.39, 0.29) is 12.2 Å². The molecule has 0 spiro atoms. The second kappa shape index (κ2) is 9.66. The van der Waals surface area contributed by atoms with Crippen LogP contribution in [0.1, 0.15) is 46.6 Å². The number of anilines is 1. The Hall–Kier alpha value is -3.69. The Kier molecular flexibility index (Phi) is 6.67. The number of carbonyl (C=O) groups excluding carboxylic acids is 1. The van der Waals surface area contributed by atoms with Gasteiger partial charge in [-0.1, -0.05) is 12.1 Å². The lowest BCUT2D eigenvalue weighted by Crippen LogP contribution is -2.34. The number of aryl methyl sites for hydroxylation is 1. The van der Waals surface area contributed by atoms with Crippen LogP contribution in [0.25, 0.3) is 5.69 Å². The standard InChI is InChI=1S/C24H24F3N5O2/c1-16-13-20(33)21(30-32(16)19-9-5-8-18(14-19)24(25,26)27)23(34)29-15-17-7-6-10-28-22(17)31-11-3-2-4-12-31/h5-10,13-14H,2-4,11-12,15H2,1H3,(H,29,34). The van der Waals surface area contributed by atoms with Crippen LogP contribution in [0.2, 0.25) is 0 Å². The van der Waals surface area contributed by atoms with Gasteiger partial charge >= 0.3 is 6.18 Å². The zero-order chi connectivity index (χ0) is 24.3. The Labute approximate surface area is 194 Å². The van der Waals surface area contributed by atoms with Gasteiger partial charge < -0.3 is 10.2 Å². The van der Waals surface area contributed by atoms with E-state index >= 15 is 0 Å². The number of amides is 1. The molecule has 34 heavy (non-hydrogen) atoms. The molecule has 0 bridgehead atoms. The highest BCUT2D eigenvalue weighted by molar-refractivity contribution is 5.92. The van der Waals surface area contributed by atoms with Gasteiger partial charge in [-0.3, -0.25) is 9.59 Å². The van der Waals surface area contributed by atoms with Crippen molar-refractivity contribution in [1.82, 2.24) is 20.1 Å². The number of carbonyl (C=O) groups is 1. The maximum Gasteiger partial charge on any atom is 0.416 e. The van der Waals surface area contributed by atoms with Gasteiger partial charge in [0.1, 0.15) is 5.82 Å². The summed E-state index contributed by atoms with van der Waals surface area (Å²) in [6, 6.07) is 9.38. The fourth-order valence-electron chi connectivity index (χ4n) is 4.00. The Morgan fingerprint density at radius 2 is 1.85 bits per heavy atom. The van der Waals surface area contributed by atoms with Crippen molar-refractivity contribution in [3.8, 4) is 5.69 Å². The molecule has 7 nitrogen and oxygen atoms in total. The third-order valence-corrected chi connectivity index (χ3v) is 5.70. The molecule has 3 aromatic rings. The van der Waals surface area contributed by atoms with E-state index in [0.717, 1.165) is 54.1 Å². The second-order valence-corrected chi connectivity index (χ2v) is 8.17. The Balaban J connectivity index is 1.58. The van der Waals surface area contributed by atoms with Crippen molar-refractivity contribution in [2.45, 2.75) is 38.9 Å². The van der Waals surface area contributed by atoms with E-state index in [0.29, 0.717) is 5.69 Å². The smallest absolute Gasteiger partial charge is 0.356 e. The molecule has 1 fully saturated rings. The second-order valence-electron chi connectivity index (χ2n) is 8.17. The van der Waals surface area contributed by atoms with E-state index in [2.05, 4.69) is 20.3 Å². The van der Waals surface area contributed by atoms with Gasteiger partial charge in [-0.15, -0.1) is 0 Å². The number of hydrogen-bond donors (Lipinski definition) is 1. The van der Waals surface area contributed by atoms with Gasteiger partial charge in [0, 0.05) is 43.2 Å². The van der Waals surface area contributed by atoms with Gasteiger partial charge in [-0.2, -0.15) is 18.3 Å². The van der Waals surface area contributed by atoms with E-state index in [1.54, 1.807) is 12.3 Å². The number of rotatable bonds is 5. The monoisotopic (exact) mass is 471 g/mol. The van der Waals surface area contributed by atoms with Crippen molar-refractivity contribution in [2.24, 2.45) is 0 Å². The van der Waals surface area contributed by atoms with Crippen LogP contribution >= 0.6 is 0 Å². The van der Waals surface area contributed by atoms with Crippen LogP contribution in [0.4, 0.5) is 19.0 Å². The average molecular weight is 471 g/mol. The summed E-state index contributed by atoms with van der Waals surface area (Å²) in [5.41, 5.74) is -0.644. The topological polar surface area (TPSA) is 80.1 Å². The van der Waals surface area contributed by atoms with Crippen LogP contribution in [0, 0.1) is 6.92 Å². The van der Waals surface area contributed by atoms with Gasteiger partial charge in [0.25, 0.3) is 5.91 Å². The van der Waals surface area contributed by atoms with Crippen LogP contribution < -0.4 is 15.6 Å². The Morgan fingerprint density at radius 1 is 1.09 bits per heavy atom. The Morgan fingerprint density at radius 3 is 2.59 bits per heavy atom. The highest BCUT2D eigenvalue weighted by Gasteiger charge is 2.30. The minimum absolute atomic E-state index is 0.0982. The van der Waals surface area contributed by atoms with E-state index in [1.807, 2.05) is 6.07 Å². The lowest BCUT2D eigenvalue weighted by molar-refractivity contribution is -0.137. The molecule has 3 heterocycles. The van der Waals surface area contributed by atoms with Crippen molar-refractivity contribution in [3.05, 3.63) is 81.4 Å². The molecule has 178 valence electrons. The van der Waals surface area contributed by atoms with Gasteiger partial charge in [0.15, 0.2) is 5.69 Å². The summed E-state index contributed by atoms with van der Waals surface area (Å²) in [6.45, 7) is 3.45. The summed E-state index contributed by atoms with van der Waals surface area (Å²) in [5, 5.41) is 6.80. The SMILES string of the molecule is Cc1cc(=O)c(C(=O)NCc2cccnc2N2CCCCC2)nn1-c1cccc(C(F)(F)F)c1. The van der Waals surface area contributed by atoms with Crippen LogP contribution in [0.15, 0.2) is 53.5 Å². The predicted octanol–water partition coefficient (Wildman–Crippen LogP) is 3.88. The first kappa shape index (κ1) is 23.5. The normalized spacial score (nSPS) is 14.2. The van der Waals surface area contributed by atoms with Crippen molar-refractivity contribution in [3.63, 3.8) is 0 Å². The number of pyridine rings is 1. The number of halogens is 3. The molecule has 4 rings (SSSR count). The number of hydrogen-bond acceptors (Lipinski definition) is 5. The first-order valence-electron chi connectivity index (χ1n) is 11.0. The summed E-state index contributed by atoms with van der Waals surface area (Å²) in [4.78, 5) is 32.0. The molecule has 1 aliphatic rings. The molecule has 1 amide bonds.